The second-order valence-corrected chi connectivity index (χ2v) is 2.53. The van der Waals surface area contributed by atoms with Gasteiger partial charge in [-0.2, -0.15) is 5.26 Å². The predicted molar refractivity (Wildman–Crippen MR) is 54.8 cm³/mol. The Bertz CT molecular complexity index is 218. The zero-order valence-corrected chi connectivity index (χ0v) is 8.90. The van der Waals surface area contributed by atoms with Gasteiger partial charge in [-0.25, -0.2) is 4.79 Å². The lowest BCUT2D eigenvalue weighted by Gasteiger charge is -1.99. The molecule has 0 amide bonds. The van der Waals surface area contributed by atoms with Gasteiger partial charge in [0.1, 0.15) is 11.6 Å². The lowest BCUT2D eigenvalue weighted by Crippen LogP contribution is -2.06. The summed E-state index contributed by atoms with van der Waals surface area (Å²) in [6, 6.07) is 1.62. The molecule has 5 nitrogen and oxygen atoms in total. The van der Waals surface area contributed by atoms with Crippen LogP contribution in [0.15, 0.2) is 12.2 Å². The number of unbranched alkanes of at least 4 members (excludes halogenated alkanes) is 1. The highest BCUT2D eigenvalue weighted by Crippen LogP contribution is 1.94. The molecule has 0 aliphatic rings. The van der Waals surface area contributed by atoms with Crippen molar-refractivity contribution in [2.45, 2.75) is 19.8 Å². The fraction of sp³-hybridized carbons (Fsp3) is 0.600. The number of aliphatic hydroxyl groups is 2. The Hall–Kier alpha value is -1.38. The van der Waals surface area contributed by atoms with E-state index in [1.807, 2.05) is 6.92 Å². The van der Waals surface area contributed by atoms with Crippen molar-refractivity contribution >= 4 is 5.97 Å². The third kappa shape index (κ3) is 12.6. The molecule has 0 radical (unpaired) electrons. The minimum absolute atomic E-state index is 0.125. The summed E-state index contributed by atoms with van der Waals surface area (Å²) >= 11 is 0. The van der Waals surface area contributed by atoms with Crippen molar-refractivity contribution in [3.05, 3.63) is 12.2 Å². The normalized spacial score (nSPS) is 8.13. The molecule has 0 rings (SSSR count). The van der Waals surface area contributed by atoms with Crippen LogP contribution >= 0.6 is 0 Å². The molecule has 0 bridgehead atoms. The van der Waals surface area contributed by atoms with Gasteiger partial charge >= 0.3 is 5.97 Å². The smallest absolute Gasteiger partial charge is 0.348 e. The molecule has 0 aromatic heterocycles. The molecule has 0 spiro atoms. The molecule has 2 N–H and O–H groups in total. The van der Waals surface area contributed by atoms with E-state index in [-0.39, 0.29) is 18.8 Å². The minimum Gasteiger partial charge on any atom is -0.462 e. The van der Waals surface area contributed by atoms with Gasteiger partial charge in [0.25, 0.3) is 0 Å². The Balaban J connectivity index is 0. The average Bonchev–Trinajstić information content (AvgIpc) is 2.28. The molecule has 0 atom stereocenters. The summed E-state index contributed by atoms with van der Waals surface area (Å²) in [6.45, 7) is 5.33. The highest BCUT2D eigenvalue weighted by molar-refractivity contribution is 5.91. The van der Waals surface area contributed by atoms with Crippen LogP contribution in [0.25, 0.3) is 0 Å². The van der Waals surface area contributed by atoms with Gasteiger partial charge in [0, 0.05) is 0 Å². The number of rotatable bonds is 5. The van der Waals surface area contributed by atoms with Gasteiger partial charge in [-0.3, -0.25) is 0 Å². The lowest BCUT2D eigenvalue weighted by atomic mass is 10.3. The van der Waals surface area contributed by atoms with E-state index >= 15 is 0 Å². The molecule has 0 aromatic carbocycles. The van der Waals surface area contributed by atoms with E-state index in [1.165, 1.54) is 0 Å². The van der Waals surface area contributed by atoms with Crippen LogP contribution in [-0.2, 0) is 9.53 Å². The van der Waals surface area contributed by atoms with Crippen molar-refractivity contribution in [2.75, 3.05) is 19.8 Å². The van der Waals surface area contributed by atoms with Crippen LogP contribution < -0.4 is 0 Å². The Morgan fingerprint density at radius 3 is 2.33 bits per heavy atom. The standard InChI is InChI=1S/C8H11NO2.C2H6O2/c1-3-4-5-11-8(10)7(2)6-9;3-1-2-4/h2-5H2,1H3;3-4H,1-2H2. The SMILES string of the molecule is C=C(C#N)C(=O)OCCCC.OCCO. The van der Waals surface area contributed by atoms with Crippen molar-refractivity contribution in [3.63, 3.8) is 0 Å². The summed E-state index contributed by atoms with van der Waals surface area (Å²) in [6.07, 6.45) is 1.79. The number of hydrogen-bond acceptors (Lipinski definition) is 5. The molecule has 0 saturated heterocycles. The van der Waals surface area contributed by atoms with E-state index in [1.54, 1.807) is 6.07 Å². The second kappa shape index (κ2) is 12.6. The van der Waals surface area contributed by atoms with E-state index in [4.69, 9.17) is 15.5 Å². The molecule has 5 heteroatoms. The zero-order chi connectivity index (χ0) is 12.1. The summed E-state index contributed by atoms with van der Waals surface area (Å²) in [5, 5.41) is 23.5. The summed E-state index contributed by atoms with van der Waals surface area (Å²) < 4.78 is 4.67. The number of hydrogen-bond donors (Lipinski definition) is 2. The van der Waals surface area contributed by atoms with Gasteiger partial charge in [0.05, 0.1) is 19.8 Å². The van der Waals surface area contributed by atoms with Crippen molar-refractivity contribution in [1.82, 2.24) is 0 Å². The van der Waals surface area contributed by atoms with Crippen LogP contribution in [0.3, 0.4) is 0 Å². The Labute approximate surface area is 89.6 Å². The summed E-state index contributed by atoms with van der Waals surface area (Å²) in [4.78, 5) is 10.7. The van der Waals surface area contributed by atoms with Crippen LogP contribution in [0.5, 0.6) is 0 Å². The number of aliphatic hydroxyl groups excluding tert-OH is 2. The van der Waals surface area contributed by atoms with Crippen LogP contribution in [0.2, 0.25) is 0 Å². The van der Waals surface area contributed by atoms with Crippen LogP contribution in [-0.4, -0.2) is 36.0 Å². The summed E-state index contributed by atoms with van der Waals surface area (Å²) in [5.41, 5.74) is -0.138. The maximum absolute atomic E-state index is 10.7. The van der Waals surface area contributed by atoms with Crippen molar-refractivity contribution in [2.24, 2.45) is 0 Å². The third-order valence-electron chi connectivity index (χ3n) is 1.21. The molecule has 0 aliphatic heterocycles. The molecule has 0 aliphatic carbocycles. The maximum Gasteiger partial charge on any atom is 0.348 e. The lowest BCUT2D eigenvalue weighted by molar-refractivity contribution is -0.138. The van der Waals surface area contributed by atoms with Gasteiger partial charge in [-0.1, -0.05) is 19.9 Å². The first kappa shape index (κ1) is 16.1. The first-order valence-corrected chi connectivity index (χ1v) is 4.61. The first-order valence-electron chi connectivity index (χ1n) is 4.61. The Kier molecular flexibility index (Phi) is 13.5. The maximum atomic E-state index is 10.7. The third-order valence-corrected chi connectivity index (χ3v) is 1.21. The van der Waals surface area contributed by atoms with Crippen molar-refractivity contribution < 1.29 is 19.7 Å². The quantitative estimate of drug-likeness (QED) is 0.299. The number of nitriles is 1. The first-order chi connectivity index (χ1) is 7.13. The van der Waals surface area contributed by atoms with E-state index in [9.17, 15) is 4.79 Å². The topological polar surface area (TPSA) is 90.6 Å². The number of carbonyl (C=O) groups is 1. The van der Waals surface area contributed by atoms with Gasteiger partial charge in [-0.05, 0) is 6.42 Å². The molecule has 0 unspecified atom stereocenters. The fourth-order valence-electron chi connectivity index (χ4n) is 0.442. The molecule has 0 saturated carbocycles. The van der Waals surface area contributed by atoms with Crippen LogP contribution in [0.1, 0.15) is 19.8 Å². The van der Waals surface area contributed by atoms with Crippen molar-refractivity contribution in [3.8, 4) is 6.07 Å². The van der Waals surface area contributed by atoms with Gasteiger partial charge < -0.3 is 14.9 Å². The summed E-state index contributed by atoms with van der Waals surface area (Å²) in [7, 11) is 0. The van der Waals surface area contributed by atoms with Gasteiger partial charge in [0.15, 0.2) is 0 Å². The number of ether oxygens (including phenoxy) is 1. The predicted octanol–water partition coefficient (Wildman–Crippen LogP) is 0.380. The number of nitrogens with zero attached hydrogens (tertiary/aromatic N) is 1. The summed E-state index contributed by atoms with van der Waals surface area (Å²) in [5.74, 6) is -0.610. The highest BCUT2D eigenvalue weighted by Gasteiger charge is 2.05. The highest BCUT2D eigenvalue weighted by atomic mass is 16.5. The molecule has 15 heavy (non-hydrogen) atoms. The van der Waals surface area contributed by atoms with E-state index in [2.05, 4.69) is 11.3 Å². The molecular weight excluding hydrogens is 198 g/mol. The van der Waals surface area contributed by atoms with Crippen molar-refractivity contribution in [1.29, 1.82) is 5.26 Å². The molecule has 0 fully saturated rings. The largest absolute Gasteiger partial charge is 0.462 e. The van der Waals surface area contributed by atoms with Gasteiger partial charge in [0.2, 0.25) is 0 Å². The molecule has 0 heterocycles. The molecular formula is C10H17NO4. The minimum atomic E-state index is -0.610. The Morgan fingerprint density at radius 1 is 1.47 bits per heavy atom. The van der Waals surface area contributed by atoms with E-state index < -0.39 is 5.97 Å². The average molecular weight is 215 g/mol. The molecule has 0 aromatic rings. The molecule has 86 valence electrons. The Morgan fingerprint density at radius 2 is 2.00 bits per heavy atom. The van der Waals surface area contributed by atoms with E-state index in [0.29, 0.717) is 6.61 Å². The van der Waals surface area contributed by atoms with Gasteiger partial charge in [-0.15, -0.1) is 0 Å². The van der Waals surface area contributed by atoms with E-state index in [0.717, 1.165) is 12.8 Å². The zero-order valence-electron chi connectivity index (χ0n) is 8.90. The van der Waals surface area contributed by atoms with Crippen LogP contribution in [0, 0.1) is 11.3 Å². The fourth-order valence-corrected chi connectivity index (χ4v) is 0.442. The monoisotopic (exact) mass is 215 g/mol. The van der Waals surface area contributed by atoms with Crippen LogP contribution in [0.4, 0.5) is 0 Å². The number of carbonyl (C=O) groups excluding carboxylic acids is 1. The number of esters is 1. The second-order valence-electron chi connectivity index (χ2n) is 2.53.